The minimum absolute atomic E-state index is 0.135. The Morgan fingerprint density at radius 3 is 0.817 bits per heavy atom. The molecule has 0 bridgehead atoms. The fourth-order valence-electron chi connectivity index (χ4n) is 10.8. The zero-order chi connectivity index (χ0) is 42.9. The van der Waals surface area contributed by atoms with E-state index in [9.17, 15) is 0 Å². The number of aromatic nitrogens is 1. The Hall–Kier alpha value is -5.28. The predicted octanol–water partition coefficient (Wildman–Crippen LogP) is 15.5. The van der Waals surface area contributed by atoms with Gasteiger partial charge in [-0.15, -0.1) is 0 Å². The molecular formula is C57H59NO2. The molecule has 0 aliphatic rings. The van der Waals surface area contributed by atoms with Crippen molar-refractivity contribution in [1.29, 1.82) is 0 Å². The Morgan fingerprint density at radius 1 is 0.367 bits per heavy atom. The molecule has 0 fully saturated rings. The van der Waals surface area contributed by atoms with Crippen LogP contribution in [0.3, 0.4) is 0 Å². The van der Waals surface area contributed by atoms with Gasteiger partial charge in [0.25, 0.3) is 11.1 Å². The SMILES string of the molecule is CCC(CC)n1c(=O)c2c(c1=O)c1c3cc(C(C)(C)C)cc4ccc5cc(C(C)(C)C)cc(c5c43)c1c1c3cc(C(C)(C)C)cc4ccc5cc(C(C)(C)C)cc(c5c43)c21. The molecule has 1 aromatic heterocycles. The number of hydrogen-bond acceptors (Lipinski definition) is 2. The first-order valence-electron chi connectivity index (χ1n) is 22.3. The van der Waals surface area contributed by atoms with E-state index in [4.69, 9.17) is 0 Å². The van der Waals surface area contributed by atoms with Crippen molar-refractivity contribution >= 4 is 97.0 Å². The number of rotatable bonds is 3. The summed E-state index contributed by atoms with van der Waals surface area (Å²) in [6.45, 7) is 31.6. The molecule has 0 aliphatic carbocycles. The van der Waals surface area contributed by atoms with Crippen LogP contribution in [0.5, 0.6) is 0 Å². The van der Waals surface area contributed by atoms with Gasteiger partial charge >= 0.3 is 0 Å². The molecule has 0 radical (unpaired) electrons. The second-order valence-corrected chi connectivity index (χ2v) is 22.3. The molecule has 0 N–H and O–H groups in total. The molecule has 0 amide bonds. The second kappa shape index (κ2) is 12.2. The molecule has 3 nitrogen and oxygen atoms in total. The molecule has 0 unspecified atom stereocenters. The Bertz CT molecular complexity index is 3340. The van der Waals surface area contributed by atoms with E-state index in [-0.39, 0.29) is 38.8 Å². The number of hydrogen-bond donors (Lipinski definition) is 0. The maximum atomic E-state index is 15.7. The third-order valence-corrected chi connectivity index (χ3v) is 14.3. The molecule has 10 rings (SSSR count). The zero-order valence-corrected chi connectivity index (χ0v) is 38.2. The maximum absolute atomic E-state index is 15.7. The Kier molecular flexibility index (Phi) is 7.89. The highest BCUT2D eigenvalue weighted by molar-refractivity contribution is 6.50. The summed E-state index contributed by atoms with van der Waals surface area (Å²) in [6.07, 6.45) is 1.40. The highest BCUT2D eigenvalue weighted by Gasteiger charge is 2.32. The Morgan fingerprint density at radius 2 is 0.600 bits per heavy atom. The van der Waals surface area contributed by atoms with Crippen LogP contribution >= 0.6 is 0 Å². The third kappa shape index (κ3) is 5.20. The minimum atomic E-state index is -0.204. The van der Waals surface area contributed by atoms with E-state index >= 15 is 9.59 Å². The second-order valence-electron chi connectivity index (χ2n) is 22.3. The first kappa shape index (κ1) is 38.9. The van der Waals surface area contributed by atoms with Crippen molar-refractivity contribution < 1.29 is 0 Å². The Labute approximate surface area is 353 Å². The van der Waals surface area contributed by atoms with E-state index in [2.05, 4.69) is 170 Å². The van der Waals surface area contributed by atoms with Crippen LogP contribution in [0.1, 0.15) is 138 Å². The van der Waals surface area contributed by atoms with Crippen molar-refractivity contribution in [2.75, 3.05) is 0 Å². The number of fused-ring (bicyclic) bond motifs is 10. The van der Waals surface area contributed by atoms with Crippen molar-refractivity contribution in [1.82, 2.24) is 4.57 Å². The molecule has 0 aliphatic heterocycles. The van der Waals surface area contributed by atoms with Gasteiger partial charge in [-0.25, -0.2) is 0 Å². The van der Waals surface area contributed by atoms with E-state index in [0.717, 1.165) is 43.1 Å². The fourth-order valence-corrected chi connectivity index (χ4v) is 10.8. The van der Waals surface area contributed by atoms with Gasteiger partial charge in [-0.3, -0.25) is 14.2 Å². The standard InChI is InChI=1S/C57H59NO2/c1-15-37(16-2)58-52(59)50-48-40-27-35(56(9,10)11)23-31-19-17-29-21-33(54(3,4)5)25-38(42(29)44(31)40)46(48)47-39-26-34(55(6,7)8)22-30-18-20-32-24-36(57(12,13)14)28-41(45(32)43(30)39)49(47)51(50)53(58)60/h17-28,37H,15-16H2,1-14H3. The van der Waals surface area contributed by atoms with E-state index in [1.807, 2.05) is 0 Å². The smallest absolute Gasteiger partial charge is 0.262 e. The minimum Gasteiger partial charge on any atom is -0.271 e. The van der Waals surface area contributed by atoms with Gasteiger partial charge in [0.1, 0.15) is 0 Å². The highest BCUT2D eigenvalue weighted by atomic mass is 16.2. The average Bonchev–Trinajstić information content (AvgIpc) is 3.43. The van der Waals surface area contributed by atoms with Crippen LogP contribution in [0.2, 0.25) is 0 Å². The first-order valence-corrected chi connectivity index (χ1v) is 22.3. The van der Waals surface area contributed by atoms with Crippen LogP contribution in [0.25, 0.3) is 97.0 Å². The summed E-state index contributed by atoms with van der Waals surface area (Å²) in [7, 11) is 0. The van der Waals surface area contributed by atoms with Crippen molar-refractivity contribution in [3.05, 3.63) is 116 Å². The summed E-state index contributed by atoms with van der Waals surface area (Å²) in [5, 5.41) is 19.2. The molecule has 0 spiro atoms. The highest BCUT2D eigenvalue weighted by Crippen LogP contribution is 2.53. The van der Waals surface area contributed by atoms with Gasteiger partial charge in [0, 0.05) is 16.8 Å². The normalized spacial score (nSPS) is 13.9. The van der Waals surface area contributed by atoms with E-state index in [0.29, 0.717) is 23.6 Å². The molecule has 60 heavy (non-hydrogen) atoms. The average molecular weight is 790 g/mol. The molecule has 10 aromatic rings. The first-order chi connectivity index (χ1) is 28.0. The van der Waals surface area contributed by atoms with Crippen LogP contribution in [-0.4, -0.2) is 4.57 Å². The van der Waals surface area contributed by atoms with Crippen molar-refractivity contribution in [3.63, 3.8) is 0 Å². The van der Waals surface area contributed by atoms with E-state index in [1.165, 1.54) is 65.3 Å². The largest absolute Gasteiger partial charge is 0.271 e. The molecule has 3 heteroatoms. The van der Waals surface area contributed by atoms with Crippen LogP contribution in [-0.2, 0) is 21.7 Å². The maximum Gasteiger partial charge on any atom is 0.262 e. The van der Waals surface area contributed by atoms with Gasteiger partial charge in [0.2, 0.25) is 0 Å². The Balaban J connectivity index is 1.70. The van der Waals surface area contributed by atoms with Gasteiger partial charge < -0.3 is 0 Å². The number of nitrogens with zero attached hydrogens (tertiary/aromatic N) is 1. The van der Waals surface area contributed by atoms with Gasteiger partial charge in [-0.1, -0.05) is 145 Å². The molecule has 0 saturated carbocycles. The number of benzene rings is 9. The molecule has 0 atom stereocenters. The summed E-state index contributed by atoms with van der Waals surface area (Å²) in [4.78, 5) is 31.4. The van der Waals surface area contributed by atoms with Gasteiger partial charge in [0.05, 0.1) is 10.8 Å². The van der Waals surface area contributed by atoms with Crippen molar-refractivity contribution in [2.45, 2.75) is 137 Å². The molecule has 9 aromatic carbocycles. The lowest BCUT2D eigenvalue weighted by Crippen LogP contribution is -2.29. The van der Waals surface area contributed by atoms with Gasteiger partial charge in [0.15, 0.2) is 0 Å². The molecule has 1 heterocycles. The fraction of sp³-hybridized carbons (Fsp3) is 0.368. The summed E-state index contributed by atoms with van der Waals surface area (Å²) < 4.78 is 1.64. The van der Waals surface area contributed by atoms with Crippen LogP contribution in [0.15, 0.2) is 82.4 Å². The molecular weight excluding hydrogens is 731 g/mol. The van der Waals surface area contributed by atoms with Crippen molar-refractivity contribution in [3.8, 4) is 0 Å². The van der Waals surface area contributed by atoms with Gasteiger partial charge in [-0.2, -0.15) is 0 Å². The summed E-state index contributed by atoms with van der Waals surface area (Å²) in [5.74, 6) is 0. The quantitative estimate of drug-likeness (QED) is 0.132. The summed E-state index contributed by atoms with van der Waals surface area (Å²) >= 11 is 0. The molecule has 0 saturated heterocycles. The van der Waals surface area contributed by atoms with Crippen LogP contribution in [0, 0.1) is 0 Å². The van der Waals surface area contributed by atoms with Crippen LogP contribution < -0.4 is 11.1 Å². The van der Waals surface area contributed by atoms with E-state index in [1.54, 1.807) is 4.57 Å². The predicted molar refractivity (Wildman–Crippen MR) is 263 cm³/mol. The van der Waals surface area contributed by atoms with Crippen molar-refractivity contribution in [2.24, 2.45) is 0 Å². The lowest BCUT2D eigenvalue weighted by molar-refractivity contribution is 0.455. The zero-order valence-electron chi connectivity index (χ0n) is 38.2. The molecule has 304 valence electrons. The summed E-state index contributed by atoms with van der Waals surface area (Å²) in [6, 6.07) is 28.0. The summed E-state index contributed by atoms with van der Waals surface area (Å²) in [5.41, 5.74) is 4.05. The van der Waals surface area contributed by atoms with Crippen LogP contribution in [0.4, 0.5) is 0 Å². The topological polar surface area (TPSA) is 39.1 Å². The lowest BCUT2D eigenvalue weighted by atomic mass is 9.76. The van der Waals surface area contributed by atoms with E-state index < -0.39 is 0 Å². The van der Waals surface area contributed by atoms with Gasteiger partial charge in [-0.05, 0) is 156 Å². The third-order valence-electron chi connectivity index (χ3n) is 14.3. The lowest BCUT2D eigenvalue weighted by Gasteiger charge is -2.27. The monoisotopic (exact) mass is 789 g/mol.